The van der Waals surface area contributed by atoms with Gasteiger partial charge in [-0.15, -0.1) is 0 Å². The summed E-state index contributed by atoms with van der Waals surface area (Å²) in [6.07, 6.45) is 0. The first-order chi connectivity index (χ1) is 13.1. The molecule has 136 valence electrons. The zero-order valence-electron chi connectivity index (χ0n) is 14.2. The summed E-state index contributed by atoms with van der Waals surface area (Å²) in [6.45, 7) is -0.348. The highest BCUT2D eigenvalue weighted by molar-refractivity contribution is 9.10. The summed E-state index contributed by atoms with van der Waals surface area (Å²) in [6, 6.07) is 24.2. The van der Waals surface area contributed by atoms with Gasteiger partial charge in [-0.1, -0.05) is 58.0 Å². The van der Waals surface area contributed by atoms with Crippen molar-refractivity contribution in [2.75, 3.05) is 11.9 Å². The van der Waals surface area contributed by atoms with Gasteiger partial charge >= 0.3 is 5.97 Å². The molecule has 0 unspecified atom stereocenters. The van der Waals surface area contributed by atoms with Crippen LogP contribution in [0.1, 0.15) is 10.4 Å². The number of rotatable bonds is 6. The van der Waals surface area contributed by atoms with Gasteiger partial charge in [-0.2, -0.15) is 0 Å². The molecule has 3 aromatic rings. The molecule has 0 aliphatic heterocycles. The first-order valence-corrected chi connectivity index (χ1v) is 9.77. The van der Waals surface area contributed by atoms with Gasteiger partial charge in [0.15, 0.2) is 6.61 Å². The Hall–Kier alpha value is -2.57. The summed E-state index contributed by atoms with van der Waals surface area (Å²) in [7, 11) is 0. The summed E-state index contributed by atoms with van der Waals surface area (Å²) >= 11 is 4.86. The Bertz CT molecular complexity index is 930. The van der Waals surface area contributed by atoms with Gasteiger partial charge in [-0.25, -0.2) is 4.79 Å². The van der Waals surface area contributed by atoms with E-state index in [-0.39, 0.29) is 12.5 Å². The molecule has 1 N–H and O–H groups in total. The van der Waals surface area contributed by atoms with Crippen LogP contribution in [0.2, 0.25) is 0 Å². The smallest absolute Gasteiger partial charge is 0.338 e. The number of para-hydroxylation sites is 1. The first kappa shape index (κ1) is 19.2. The van der Waals surface area contributed by atoms with Crippen molar-refractivity contribution >= 4 is 45.3 Å². The number of nitrogens with one attached hydrogen (secondary N) is 1. The van der Waals surface area contributed by atoms with Crippen molar-refractivity contribution in [3.63, 3.8) is 0 Å². The van der Waals surface area contributed by atoms with E-state index in [1.807, 2.05) is 54.6 Å². The topological polar surface area (TPSA) is 55.4 Å². The minimum Gasteiger partial charge on any atom is -0.452 e. The molecule has 0 aliphatic carbocycles. The minimum absolute atomic E-state index is 0.348. The molecule has 0 atom stereocenters. The quantitative estimate of drug-likeness (QED) is 0.520. The van der Waals surface area contributed by atoms with Crippen molar-refractivity contribution in [1.82, 2.24) is 0 Å². The second-order valence-electron chi connectivity index (χ2n) is 5.54. The van der Waals surface area contributed by atoms with Gasteiger partial charge in [0.1, 0.15) is 0 Å². The van der Waals surface area contributed by atoms with Crippen molar-refractivity contribution in [3.05, 3.63) is 88.9 Å². The van der Waals surface area contributed by atoms with Crippen LogP contribution in [-0.2, 0) is 9.53 Å². The SMILES string of the molecule is O=C(COC(=O)c1ccc(Br)cc1)Nc1ccccc1Sc1ccccc1. The van der Waals surface area contributed by atoms with Gasteiger partial charge in [0.2, 0.25) is 0 Å². The fourth-order valence-electron chi connectivity index (χ4n) is 2.26. The number of anilines is 1. The number of hydrogen-bond acceptors (Lipinski definition) is 4. The van der Waals surface area contributed by atoms with Crippen LogP contribution in [0.3, 0.4) is 0 Å². The van der Waals surface area contributed by atoms with Crippen LogP contribution in [-0.4, -0.2) is 18.5 Å². The number of esters is 1. The molecule has 0 fully saturated rings. The first-order valence-electron chi connectivity index (χ1n) is 8.16. The highest BCUT2D eigenvalue weighted by atomic mass is 79.9. The van der Waals surface area contributed by atoms with Gasteiger partial charge < -0.3 is 10.1 Å². The lowest BCUT2D eigenvalue weighted by molar-refractivity contribution is -0.119. The molecule has 6 heteroatoms. The Morgan fingerprint density at radius 2 is 1.56 bits per heavy atom. The Labute approximate surface area is 170 Å². The van der Waals surface area contributed by atoms with Crippen molar-refractivity contribution in [1.29, 1.82) is 0 Å². The van der Waals surface area contributed by atoms with Crippen LogP contribution >= 0.6 is 27.7 Å². The Kier molecular flexibility index (Phi) is 6.68. The fourth-order valence-corrected chi connectivity index (χ4v) is 3.45. The summed E-state index contributed by atoms with van der Waals surface area (Å²) in [5.41, 5.74) is 1.07. The molecule has 0 bridgehead atoms. The van der Waals surface area contributed by atoms with Gasteiger partial charge in [-0.3, -0.25) is 4.79 Å². The number of ether oxygens (including phenoxy) is 1. The van der Waals surface area contributed by atoms with E-state index >= 15 is 0 Å². The highest BCUT2D eigenvalue weighted by Crippen LogP contribution is 2.33. The van der Waals surface area contributed by atoms with E-state index < -0.39 is 5.97 Å². The zero-order valence-corrected chi connectivity index (χ0v) is 16.6. The summed E-state index contributed by atoms with van der Waals surface area (Å²) in [5, 5.41) is 2.80. The van der Waals surface area contributed by atoms with E-state index in [1.54, 1.807) is 36.0 Å². The molecule has 4 nitrogen and oxygen atoms in total. The maximum Gasteiger partial charge on any atom is 0.338 e. The lowest BCUT2D eigenvalue weighted by Crippen LogP contribution is -2.21. The van der Waals surface area contributed by atoms with E-state index in [2.05, 4.69) is 21.2 Å². The van der Waals surface area contributed by atoms with Gasteiger partial charge in [0, 0.05) is 14.3 Å². The normalized spacial score (nSPS) is 10.3. The molecular weight excluding hydrogens is 426 g/mol. The van der Waals surface area contributed by atoms with E-state index in [4.69, 9.17) is 4.74 Å². The third-order valence-electron chi connectivity index (χ3n) is 3.55. The number of halogens is 1. The Balaban J connectivity index is 1.59. The maximum absolute atomic E-state index is 12.2. The van der Waals surface area contributed by atoms with Crippen molar-refractivity contribution < 1.29 is 14.3 Å². The summed E-state index contributed by atoms with van der Waals surface area (Å²) in [4.78, 5) is 26.2. The monoisotopic (exact) mass is 441 g/mol. The predicted molar refractivity (Wildman–Crippen MR) is 110 cm³/mol. The zero-order chi connectivity index (χ0) is 19.1. The lowest BCUT2D eigenvalue weighted by Gasteiger charge is -2.11. The molecule has 0 saturated carbocycles. The van der Waals surface area contributed by atoms with E-state index in [0.717, 1.165) is 14.3 Å². The van der Waals surface area contributed by atoms with Gasteiger partial charge in [0.25, 0.3) is 5.91 Å². The Morgan fingerprint density at radius 1 is 0.889 bits per heavy atom. The lowest BCUT2D eigenvalue weighted by atomic mass is 10.2. The van der Waals surface area contributed by atoms with Crippen molar-refractivity contribution in [2.45, 2.75) is 9.79 Å². The number of carbonyl (C=O) groups excluding carboxylic acids is 2. The fraction of sp³-hybridized carbons (Fsp3) is 0.0476. The van der Waals surface area contributed by atoms with Crippen LogP contribution in [0.25, 0.3) is 0 Å². The van der Waals surface area contributed by atoms with E-state index in [9.17, 15) is 9.59 Å². The average molecular weight is 442 g/mol. The van der Waals surface area contributed by atoms with E-state index in [1.165, 1.54) is 0 Å². The summed E-state index contributed by atoms with van der Waals surface area (Å²) in [5.74, 6) is -0.925. The predicted octanol–water partition coefficient (Wildman–Crippen LogP) is 5.40. The minimum atomic E-state index is -0.537. The molecule has 0 spiro atoms. The van der Waals surface area contributed by atoms with Crippen molar-refractivity contribution in [3.8, 4) is 0 Å². The van der Waals surface area contributed by atoms with Crippen LogP contribution in [0, 0.1) is 0 Å². The second-order valence-corrected chi connectivity index (χ2v) is 7.57. The van der Waals surface area contributed by atoms with Crippen LogP contribution in [0.5, 0.6) is 0 Å². The molecule has 3 rings (SSSR count). The number of benzene rings is 3. The molecule has 3 aromatic carbocycles. The van der Waals surface area contributed by atoms with Crippen molar-refractivity contribution in [2.24, 2.45) is 0 Å². The largest absolute Gasteiger partial charge is 0.452 e. The molecule has 0 saturated heterocycles. The molecule has 0 heterocycles. The second kappa shape index (κ2) is 9.39. The maximum atomic E-state index is 12.2. The van der Waals surface area contributed by atoms with Crippen LogP contribution in [0.4, 0.5) is 5.69 Å². The third kappa shape index (κ3) is 5.70. The number of amides is 1. The Morgan fingerprint density at radius 3 is 2.30 bits per heavy atom. The standard InChI is InChI=1S/C21H16BrNO3S/c22-16-12-10-15(11-13-16)21(25)26-14-20(24)23-18-8-4-5-9-19(18)27-17-6-2-1-3-7-17/h1-13H,14H2,(H,23,24). The summed E-state index contributed by atoms with van der Waals surface area (Å²) < 4.78 is 5.95. The number of carbonyl (C=O) groups is 2. The van der Waals surface area contributed by atoms with Crippen LogP contribution in [0.15, 0.2) is 93.1 Å². The molecular formula is C21H16BrNO3S. The highest BCUT2D eigenvalue weighted by Gasteiger charge is 2.12. The van der Waals surface area contributed by atoms with Crippen LogP contribution < -0.4 is 5.32 Å². The molecule has 1 amide bonds. The van der Waals surface area contributed by atoms with Gasteiger partial charge in [-0.05, 0) is 48.5 Å². The molecule has 0 aromatic heterocycles. The molecule has 27 heavy (non-hydrogen) atoms. The van der Waals surface area contributed by atoms with E-state index in [0.29, 0.717) is 11.3 Å². The molecule has 0 aliphatic rings. The average Bonchev–Trinajstić information content (AvgIpc) is 2.69. The number of hydrogen-bond donors (Lipinski definition) is 1. The third-order valence-corrected chi connectivity index (χ3v) is 5.16. The van der Waals surface area contributed by atoms with Gasteiger partial charge in [0.05, 0.1) is 11.3 Å². The molecule has 0 radical (unpaired) electrons.